The van der Waals surface area contributed by atoms with E-state index in [1.807, 2.05) is 0 Å². The molecule has 0 unspecified atom stereocenters. The summed E-state index contributed by atoms with van der Waals surface area (Å²) in [6.07, 6.45) is 4.23. The molecule has 3 rings (SSSR count). The van der Waals surface area contributed by atoms with Gasteiger partial charge in [0.1, 0.15) is 11.6 Å². The minimum Gasteiger partial charge on any atom is -0.550 e. The molecule has 0 fully saturated rings. The molecule has 0 spiro atoms. The van der Waals surface area contributed by atoms with E-state index in [1.165, 1.54) is 53.2 Å². The van der Waals surface area contributed by atoms with Crippen LogP contribution in [0.4, 0.5) is 8.78 Å². The number of hydrogen-bond acceptors (Lipinski definition) is 4. The summed E-state index contributed by atoms with van der Waals surface area (Å²) in [4.78, 5) is 23.0. The Bertz CT molecular complexity index is 1020. The smallest absolute Gasteiger partial charge is 0.185 e. The van der Waals surface area contributed by atoms with E-state index >= 15 is 0 Å². The van der Waals surface area contributed by atoms with E-state index in [2.05, 4.69) is 5.10 Å². The highest BCUT2D eigenvalue weighted by atomic mass is 19.1. The zero-order chi connectivity index (χ0) is 20.1. The van der Waals surface area contributed by atoms with E-state index in [-0.39, 0.29) is 18.7 Å². The average molecular weight is 381 g/mol. The number of carboxylic acids is 1. The van der Waals surface area contributed by atoms with Gasteiger partial charge in [-0.05, 0) is 60.7 Å². The van der Waals surface area contributed by atoms with Gasteiger partial charge >= 0.3 is 0 Å². The van der Waals surface area contributed by atoms with Crippen LogP contribution in [-0.4, -0.2) is 21.5 Å². The molecule has 0 amide bonds. The molecule has 28 heavy (non-hydrogen) atoms. The molecule has 0 saturated heterocycles. The van der Waals surface area contributed by atoms with Crippen molar-refractivity contribution in [2.24, 2.45) is 0 Å². The van der Waals surface area contributed by atoms with Crippen LogP contribution in [0, 0.1) is 11.6 Å². The molecule has 5 nitrogen and oxygen atoms in total. The fourth-order valence-corrected chi connectivity index (χ4v) is 2.59. The van der Waals surface area contributed by atoms with Crippen molar-refractivity contribution in [2.45, 2.75) is 13.0 Å². The zero-order valence-corrected chi connectivity index (χ0v) is 14.6. The Kier molecular flexibility index (Phi) is 5.74. The number of benzene rings is 2. The van der Waals surface area contributed by atoms with E-state index in [9.17, 15) is 23.5 Å². The Morgan fingerprint density at radius 1 is 1.00 bits per heavy atom. The predicted octanol–water partition coefficient (Wildman–Crippen LogP) is 2.86. The van der Waals surface area contributed by atoms with Crippen molar-refractivity contribution in [3.8, 4) is 11.3 Å². The normalized spacial score (nSPS) is 11.1. The third kappa shape index (κ3) is 4.76. The number of carbonyl (C=O) groups excluding carboxylic acids is 2. The second-order valence-corrected chi connectivity index (χ2v) is 6.03. The highest BCUT2D eigenvalue weighted by Gasteiger charge is 2.11. The number of carbonyl (C=O) groups is 2. The second-order valence-electron chi connectivity index (χ2n) is 6.03. The average Bonchev–Trinajstić information content (AvgIpc) is 3.09. The zero-order valence-electron chi connectivity index (χ0n) is 14.6. The van der Waals surface area contributed by atoms with Crippen LogP contribution in [0.15, 0.2) is 60.8 Å². The van der Waals surface area contributed by atoms with Crippen molar-refractivity contribution >= 4 is 17.8 Å². The van der Waals surface area contributed by atoms with Gasteiger partial charge in [0.25, 0.3) is 0 Å². The van der Waals surface area contributed by atoms with Crippen LogP contribution in [0.3, 0.4) is 0 Å². The van der Waals surface area contributed by atoms with Crippen LogP contribution in [0.5, 0.6) is 0 Å². The fourth-order valence-electron chi connectivity index (χ4n) is 2.59. The minimum atomic E-state index is -1.21. The topological polar surface area (TPSA) is 75.0 Å². The molecule has 0 aliphatic heterocycles. The Morgan fingerprint density at radius 3 is 2.21 bits per heavy atom. The van der Waals surface area contributed by atoms with Gasteiger partial charge in [-0.25, -0.2) is 8.78 Å². The maximum atomic E-state index is 13.2. The maximum Gasteiger partial charge on any atom is 0.185 e. The molecule has 2 aromatic carbocycles. The molecule has 0 aliphatic rings. The fraction of sp³-hybridized carbons (Fsp3) is 0.0952. The SMILES string of the molecule is O=C([O-])CCn1cc(/C=C\C(=O)c2ccc(F)cc2)c(-c2ccc(F)cc2)n1. The number of aromatic nitrogens is 2. The van der Waals surface area contributed by atoms with Gasteiger partial charge in [0.15, 0.2) is 5.78 Å². The first-order chi connectivity index (χ1) is 13.4. The molecular formula is C21H15F2N2O3-. The van der Waals surface area contributed by atoms with Gasteiger partial charge in [-0.1, -0.05) is 0 Å². The summed E-state index contributed by atoms with van der Waals surface area (Å²) in [7, 11) is 0. The molecule has 0 N–H and O–H groups in total. The van der Waals surface area contributed by atoms with E-state index in [1.54, 1.807) is 18.3 Å². The predicted molar refractivity (Wildman–Crippen MR) is 97.0 cm³/mol. The Labute approximate surface area is 159 Å². The number of rotatable bonds is 7. The molecular weight excluding hydrogens is 366 g/mol. The van der Waals surface area contributed by atoms with Crippen LogP contribution in [-0.2, 0) is 11.3 Å². The van der Waals surface area contributed by atoms with Gasteiger partial charge in [-0.2, -0.15) is 5.10 Å². The van der Waals surface area contributed by atoms with Crippen molar-refractivity contribution in [1.29, 1.82) is 0 Å². The van der Waals surface area contributed by atoms with Gasteiger partial charge in [-0.3, -0.25) is 9.48 Å². The molecule has 7 heteroatoms. The molecule has 142 valence electrons. The summed E-state index contributed by atoms with van der Waals surface area (Å²) in [6.45, 7) is 0.0935. The summed E-state index contributed by atoms with van der Waals surface area (Å²) in [5, 5.41) is 15.0. The molecule has 0 radical (unpaired) electrons. The van der Waals surface area contributed by atoms with E-state index in [0.717, 1.165) is 0 Å². The number of hydrogen-bond donors (Lipinski definition) is 0. The van der Waals surface area contributed by atoms with Gasteiger partial charge in [-0.15, -0.1) is 0 Å². The van der Waals surface area contributed by atoms with Crippen molar-refractivity contribution in [3.63, 3.8) is 0 Å². The van der Waals surface area contributed by atoms with E-state index < -0.39 is 17.6 Å². The third-order valence-corrected chi connectivity index (χ3v) is 4.00. The highest BCUT2D eigenvalue weighted by Crippen LogP contribution is 2.24. The summed E-state index contributed by atoms with van der Waals surface area (Å²) in [6, 6.07) is 10.8. The highest BCUT2D eigenvalue weighted by molar-refractivity contribution is 6.07. The number of carboxylic acid groups (broad SMARTS) is 1. The van der Waals surface area contributed by atoms with Gasteiger partial charge in [0.2, 0.25) is 0 Å². The Morgan fingerprint density at radius 2 is 1.61 bits per heavy atom. The standard InChI is InChI=1S/C21H16F2N2O3/c22-17-6-1-14(2-7-17)19(26)10-5-16-13-25(12-11-20(27)28)24-21(16)15-3-8-18(23)9-4-15/h1-10,13H,11-12H2,(H,27,28)/p-1/b10-5-. The first-order valence-electron chi connectivity index (χ1n) is 8.43. The van der Waals surface area contributed by atoms with Crippen LogP contribution in [0.2, 0.25) is 0 Å². The number of allylic oxidation sites excluding steroid dienone is 1. The van der Waals surface area contributed by atoms with Crippen LogP contribution < -0.4 is 5.11 Å². The Hall–Kier alpha value is -3.61. The molecule has 1 aromatic heterocycles. The largest absolute Gasteiger partial charge is 0.550 e. The number of nitrogens with zero attached hydrogens (tertiary/aromatic N) is 2. The van der Waals surface area contributed by atoms with E-state index in [4.69, 9.17) is 0 Å². The van der Waals surface area contributed by atoms with Gasteiger partial charge in [0, 0.05) is 41.8 Å². The lowest BCUT2D eigenvalue weighted by Gasteiger charge is -2.02. The number of ketones is 1. The lowest BCUT2D eigenvalue weighted by Crippen LogP contribution is -2.23. The molecule has 0 bridgehead atoms. The monoisotopic (exact) mass is 381 g/mol. The van der Waals surface area contributed by atoms with Crippen molar-refractivity contribution < 1.29 is 23.5 Å². The number of halogens is 2. The quantitative estimate of drug-likeness (QED) is 0.466. The van der Waals surface area contributed by atoms with Crippen molar-refractivity contribution in [1.82, 2.24) is 9.78 Å². The summed E-state index contributed by atoms with van der Waals surface area (Å²) < 4.78 is 27.6. The first kappa shape index (κ1) is 19.2. The van der Waals surface area contributed by atoms with Crippen molar-refractivity contribution in [2.75, 3.05) is 0 Å². The van der Waals surface area contributed by atoms with Crippen LogP contribution in [0.1, 0.15) is 22.3 Å². The molecule has 0 atom stereocenters. The third-order valence-electron chi connectivity index (χ3n) is 4.00. The molecule has 0 saturated carbocycles. The van der Waals surface area contributed by atoms with Gasteiger partial charge < -0.3 is 9.90 Å². The van der Waals surface area contributed by atoms with E-state index in [0.29, 0.717) is 22.4 Å². The lowest BCUT2D eigenvalue weighted by atomic mass is 10.1. The summed E-state index contributed by atoms with van der Waals surface area (Å²) in [5.74, 6) is -2.37. The molecule has 1 heterocycles. The Balaban J connectivity index is 1.90. The second kappa shape index (κ2) is 8.39. The molecule has 0 aliphatic carbocycles. The first-order valence-corrected chi connectivity index (χ1v) is 8.43. The minimum absolute atomic E-state index is 0.0935. The number of aliphatic carboxylic acids is 1. The van der Waals surface area contributed by atoms with Gasteiger partial charge in [0.05, 0.1) is 5.69 Å². The van der Waals surface area contributed by atoms with Crippen molar-refractivity contribution in [3.05, 3.63) is 83.6 Å². The maximum absolute atomic E-state index is 13.2. The molecule has 3 aromatic rings. The van der Waals surface area contributed by atoms with Crippen LogP contribution in [0.25, 0.3) is 17.3 Å². The van der Waals surface area contributed by atoms with Crippen LogP contribution >= 0.6 is 0 Å². The lowest BCUT2D eigenvalue weighted by molar-refractivity contribution is -0.306. The number of aryl methyl sites for hydroxylation is 1. The summed E-state index contributed by atoms with van der Waals surface area (Å²) >= 11 is 0. The summed E-state index contributed by atoms with van der Waals surface area (Å²) in [5.41, 5.74) is 1.97.